The van der Waals surface area contributed by atoms with Gasteiger partial charge in [-0.1, -0.05) is 25.1 Å². The lowest BCUT2D eigenvalue weighted by atomic mass is 9.85. The van der Waals surface area contributed by atoms with E-state index in [9.17, 15) is 9.90 Å². The molecule has 1 aliphatic rings. The van der Waals surface area contributed by atoms with Gasteiger partial charge < -0.3 is 25.6 Å². The molecular weight excluding hydrogens is 408 g/mol. The summed E-state index contributed by atoms with van der Waals surface area (Å²) in [5.74, 6) is -0.999. The number of nitrogens with one attached hydrogen (secondary N) is 2. The number of nitrogens with zero attached hydrogens (tertiary/aromatic N) is 1. The number of carbonyl (C=O) groups is 1. The summed E-state index contributed by atoms with van der Waals surface area (Å²) in [5, 5.41) is 21.1. The minimum absolute atomic E-state index is 0.0330. The van der Waals surface area contributed by atoms with Crippen molar-refractivity contribution in [3.05, 3.63) is 65.2 Å². The molecule has 3 rings (SSSR count). The lowest BCUT2D eigenvalue weighted by Gasteiger charge is -2.36. The average molecular weight is 441 g/mol. The largest absolute Gasteiger partial charge is 0.479 e. The Morgan fingerprint density at radius 3 is 2.50 bits per heavy atom. The van der Waals surface area contributed by atoms with E-state index in [0.717, 1.165) is 18.7 Å². The van der Waals surface area contributed by atoms with E-state index in [0.29, 0.717) is 43.1 Å². The quantitative estimate of drug-likeness (QED) is 0.331. The Morgan fingerprint density at radius 2 is 1.94 bits per heavy atom. The predicted molar refractivity (Wildman–Crippen MR) is 124 cm³/mol. The number of rotatable bonds is 10. The lowest BCUT2D eigenvalue weighted by Crippen LogP contribution is -2.43. The number of hydrogen-bond acceptors (Lipinski definition) is 6. The van der Waals surface area contributed by atoms with E-state index in [-0.39, 0.29) is 12.1 Å². The van der Waals surface area contributed by atoms with Crippen molar-refractivity contribution < 1.29 is 19.4 Å². The van der Waals surface area contributed by atoms with Crippen LogP contribution in [0, 0.1) is 5.41 Å². The van der Waals surface area contributed by atoms with Gasteiger partial charge in [0.05, 0.1) is 13.2 Å². The van der Waals surface area contributed by atoms with E-state index in [4.69, 9.17) is 20.6 Å². The Hall–Kier alpha value is -2.94. The Balaban J connectivity index is 1.96. The molecule has 1 heterocycles. The minimum Gasteiger partial charge on any atom is -0.479 e. The summed E-state index contributed by atoms with van der Waals surface area (Å²) in [6.45, 7) is 7.16. The lowest BCUT2D eigenvalue weighted by molar-refractivity contribution is -0.142. The van der Waals surface area contributed by atoms with Gasteiger partial charge in [-0.15, -0.1) is 0 Å². The smallest absolute Gasteiger partial charge is 0.334 e. The summed E-state index contributed by atoms with van der Waals surface area (Å²) in [6.07, 6.45) is 0.0685. The highest BCUT2D eigenvalue weighted by molar-refractivity contribution is 5.95. The third kappa shape index (κ3) is 5.09. The highest BCUT2D eigenvalue weighted by Crippen LogP contribution is 2.33. The number of nitrogens with two attached hydrogens (primary N) is 1. The van der Waals surface area contributed by atoms with Crippen LogP contribution in [0.4, 0.5) is 5.69 Å². The fourth-order valence-electron chi connectivity index (χ4n) is 4.01. The van der Waals surface area contributed by atoms with Crippen LogP contribution < -0.4 is 11.1 Å². The number of anilines is 1. The van der Waals surface area contributed by atoms with E-state index in [1.165, 1.54) is 0 Å². The van der Waals surface area contributed by atoms with Gasteiger partial charge in [0.2, 0.25) is 0 Å². The molecule has 8 heteroatoms. The van der Waals surface area contributed by atoms with E-state index in [1.54, 1.807) is 24.3 Å². The summed E-state index contributed by atoms with van der Waals surface area (Å²) in [4.78, 5) is 14.8. The second-order valence-corrected chi connectivity index (χ2v) is 7.76. The molecular formula is C24H32N4O4. The molecule has 2 aromatic carbocycles. The molecule has 1 aliphatic heterocycles. The van der Waals surface area contributed by atoms with Gasteiger partial charge in [0.1, 0.15) is 12.1 Å². The van der Waals surface area contributed by atoms with Crippen LogP contribution in [0.1, 0.15) is 43.2 Å². The van der Waals surface area contributed by atoms with Crippen LogP contribution in [-0.4, -0.2) is 54.7 Å². The first-order valence-corrected chi connectivity index (χ1v) is 10.9. The molecule has 0 bridgehead atoms. The molecule has 1 fully saturated rings. The second-order valence-electron chi connectivity index (χ2n) is 7.76. The van der Waals surface area contributed by atoms with Gasteiger partial charge in [0.15, 0.2) is 5.54 Å². The molecule has 0 spiro atoms. The number of aliphatic carboxylic acids is 1. The van der Waals surface area contributed by atoms with Crippen LogP contribution in [0.15, 0.2) is 48.5 Å². The predicted octanol–water partition coefficient (Wildman–Crippen LogP) is 3.14. The highest BCUT2D eigenvalue weighted by atomic mass is 16.5. The van der Waals surface area contributed by atoms with E-state index in [1.807, 2.05) is 38.1 Å². The molecule has 32 heavy (non-hydrogen) atoms. The van der Waals surface area contributed by atoms with Crippen molar-refractivity contribution in [1.29, 1.82) is 5.41 Å². The number of morpholine rings is 1. The Morgan fingerprint density at radius 1 is 1.25 bits per heavy atom. The fraction of sp³-hybridized carbons (Fsp3) is 0.417. The van der Waals surface area contributed by atoms with Crippen molar-refractivity contribution in [2.24, 2.45) is 5.73 Å². The molecule has 0 radical (unpaired) electrons. The first-order valence-electron chi connectivity index (χ1n) is 10.9. The minimum atomic E-state index is -1.32. The number of carboxylic acids is 1. The zero-order chi connectivity index (χ0) is 23.1. The molecule has 2 unspecified atom stereocenters. The van der Waals surface area contributed by atoms with E-state index in [2.05, 4.69) is 10.2 Å². The molecule has 2 aromatic rings. The number of amidine groups is 1. The van der Waals surface area contributed by atoms with Crippen LogP contribution in [0.3, 0.4) is 0 Å². The third-order valence-corrected chi connectivity index (χ3v) is 5.82. The SMILES string of the molecule is CCOC(c1cccc(C(CC)(Nc2ccc(C(=N)N)cc2)C(=O)O)c1)N1CCOCC1. The van der Waals surface area contributed by atoms with Gasteiger partial charge in [-0.25, -0.2) is 4.79 Å². The van der Waals surface area contributed by atoms with Gasteiger partial charge in [-0.05, 0) is 54.8 Å². The van der Waals surface area contributed by atoms with Gasteiger partial charge in [-0.2, -0.15) is 0 Å². The molecule has 8 nitrogen and oxygen atoms in total. The number of nitrogen functional groups attached to an aromatic ring is 1. The van der Waals surface area contributed by atoms with Crippen LogP contribution >= 0.6 is 0 Å². The first-order chi connectivity index (χ1) is 15.4. The number of ether oxygens (including phenoxy) is 2. The van der Waals surface area contributed by atoms with Crippen molar-refractivity contribution in [1.82, 2.24) is 4.90 Å². The van der Waals surface area contributed by atoms with Crippen molar-refractivity contribution >= 4 is 17.5 Å². The van der Waals surface area contributed by atoms with Crippen molar-refractivity contribution in [2.75, 3.05) is 38.2 Å². The number of carboxylic acid groups (broad SMARTS) is 1. The Labute approximate surface area is 188 Å². The van der Waals surface area contributed by atoms with Gasteiger partial charge in [0.25, 0.3) is 0 Å². The van der Waals surface area contributed by atoms with Gasteiger partial charge in [-0.3, -0.25) is 10.3 Å². The number of hydrogen-bond donors (Lipinski definition) is 4. The summed E-state index contributed by atoms with van der Waals surface area (Å²) in [5.41, 5.74) is 7.00. The second kappa shape index (κ2) is 10.6. The fourth-order valence-corrected chi connectivity index (χ4v) is 4.01. The maximum atomic E-state index is 12.6. The zero-order valence-corrected chi connectivity index (χ0v) is 18.6. The number of benzene rings is 2. The average Bonchev–Trinajstić information content (AvgIpc) is 2.81. The molecule has 0 aliphatic carbocycles. The maximum Gasteiger partial charge on any atom is 0.334 e. The molecule has 1 saturated heterocycles. The maximum absolute atomic E-state index is 12.6. The van der Waals surface area contributed by atoms with Crippen LogP contribution in [0.5, 0.6) is 0 Å². The molecule has 172 valence electrons. The Kier molecular flexibility index (Phi) is 7.84. The van der Waals surface area contributed by atoms with Gasteiger partial charge in [0, 0.05) is 30.9 Å². The normalized spacial score (nSPS) is 17.3. The Bertz CT molecular complexity index is 928. The highest BCUT2D eigenvalue weighted by Gasteiger charge is 2.39. The molecule has 2 atom stereocenters. The third-order valence-electron chi connectivity index (χ3n) is 5.82. The van der Waals surface area contributed by atoms with Crippen LogP contribution in [0.2, 0.25) is 0 Å². The van der Waals surface area contributed by atoms with E-state index < -0.39 is 11.5 Å². The molecule has 5 N–H and O–H groups in total. The molecule has 0 aromatic heterocycles. The first kappa shape index (κ1) is 23.7. The monoisotopic (exact) mass is 440 g/mol. The van der Waals surface area contributed by atoms with Crippen LogP contribution in [-0.2, 0) is 19.8 Å². The van der Waals surface area contributed by atoms with Crippen LogP contribution in [0.25, 0.3) is 0 Å². The summed E-state index contributed by atoms with van der Waals surface area (Å²) >= 11 is 0. The molecule has 0 amide bonds. The summed E-state index contributed by atoms with van der Waals surface area (Å²) in [7, 11) is 0. The van der Waals surface area contributed by atoms with Crippen molar-refractivity contribution in [3.8, 4) is 0 Å². The zero-order valence-electron chi connectivity index (χ0n) is 18.6. The molecule has 0 saturated carbocycles. The standard InChI is InChI=1S/C24H32N4O4/c1-3-24(23(29)30,27-20-10-8-17(9-11-20)21(25)26)19-7-5-6-18(16-19)22(32-4-2)28-12-14-31-15-13-28/h5-11,16,22,27H,3-4,12-15H2,1-2H3,(H3,25,26)(H,29,30). The van der Waals surface area contributed by atoms with Crippen molar-refractivity contribution in [2.45, 2.75) is 32.0 Å². The van der Waals surface area contributed by atoms with Gasteiger partial charge >= 0.3 is 5.97 Å². The summed E-state index contributed by atoms with van der Waals surface area (Å²) in [6, 6.07) is 14.5. The summed E-state index contributed by atoms with van der Waals surface area (Å²) < 4.78 is 11.5. The van der Waals surface area contributed by atoms with E-state index >= 15 is 0 Å². The topological polar surface area (TPSA) is 121 Å². The van der Waals surface area contributed by atoms with Crippen molar-refractivity contribution in [3.63, 3.8) is 0 Å².